The molecule has 1 aromatic heterocycles. The number of piperidine rings is 1. The van der Waals surface area contributed by atoms with Crippen molar-refractivity contribution in [3.8, 4) is 5.75 Å². The molecular formula is C27H28FN3O3S. The van der Waals surface area contributed by atoms with Gasteiger partial charge in [-0.15, -0.1) is 24.9 Å². The van der Waals surface area contributed by atoms with E-state index in [9.17, 15) is 19.1 Å². The Morgan fingerprint density at radius 2 is 1.80 bits per heavy atom. The molecule has 2 N–H and O–H groups in total. The van der Waals surface area contributed by atoms with Crippen molar-refractivity contribution < 1.29 is 14.3 Å². The molecule has 0 spiro atoms. The Labute approximate surface area is 208 Å². The summed E-state index contributed by atoms with van der Waals surface area (Å²) in [5, 5.41) is 9.68. The van der Waals surface area contributed by atoms with Crippen LogP contribution in [0.2, 0.25) is 0 Å². The number of benzene rings is 2. The first-order chi connectivity index (χ1) is 17.0. The molecule has 6 nitrogen and oxygen atoms in total. The average molecular weight is 494 g/mol. The van der Waals surface area contributed by atoms with E-state index in [-0.39, 0.29) is 23.6 Å². The van der Waals surface area contributed by atoms with E-state index in [1.54, 1.807) is 28.8 Å². The van der Waals surface area contributed by atoms with Crippen LogP contribution in [0, 0.1) is 5.82 Å². The van der Waals surface area contributed by atoms with Gasteiger partial charge in [-0.3, -0.25) is 14.3 Å². The minimum Gasteiger partial charge on any atom is -0.502 e. The number of halogens is 1. The maximum atomic E-state index is 13.7. The second kappa shape index (κ2) is 10.8. The number of aromatic nitrogens is 1. The number of pyridine rings is 1. The summed E-state index contributed by atoms with van der Waals surface area (Å²) in [6.07, 6.45) is 5.21. The number of hydrogen-bond donors (Lipinski definition) is 2. The van der Waals surface area contributed by atoms with E-state index in [4.69, 9.17) is 0 Å². The molecule has 6 rings (SSSR count). The monoisotopic (exact) mass is 493 g/mol. The summed E-state index contributed by atoms with van der Waals surface area (Å²) in [6.45, 7) is 6.67. The van der Waals surface area contributed by atoms with E-state index in [1.807, 2.05) is 18.2 Å². The third kappa shape index (κ3) is 4.98. The molecule has 3 aromatic rings. The lowest BCUT2D eigenvalue weighted by atomic mass is 10.0. The van der Waals surface area contributed by atoms with Gasteiger partial charge in [0.15, 0.2) is 11.4 Å². The first kappa shape index (κ1) is 24.6. The zero-order valence-electron chi connectivity index (χ0n) is 19.4. The number of thioether (sulfide) groups is 1. The normalized spacial score (nSPS) is 17.5. The van der Waals surface area contributed by atoms with Crippen LogP contribution < -0.4 is 10.9 Å². The van der Waals surface area contributed by atoms with Crippen LogP contribution in [0.15, 0.2) is 77.6 Å². The number of aromatic hydroxyl groups is 1. The van der Waals surface area contributed by atoms with Gasteiger partial charge in [0, 0.05) is 35.0 Å². The smallest absolute Gasteiger partial charge is 0.278 e. The lowest BCUT2D eigenvalue weighted by Crippen LogP contribution is -2.55. The van der Waals surface area contributed by atoms with Gasteiger partial charge >= 0.3 is 0 Å². The largest absolute Gasteiger partial charge is 0.502 e. The number of carbonyl (C=O) groups excluding carboxylic acids is 1. The molecule has 8 heteroatoms. The fraction of sp³-hybridized carbons (Fsp3) is 0.259. The molecule has 0 aliphatic carbocycles. The van der Waals surface area contributed by atoms with Crippen LogP contribution in [0.1, 0.15) is 46.4 Å². The van der Waals surface area contributed by atoms with Gasteiger partial charge in [0.1, 0.15) is 12.0 Å². The molecule has 1 fully saturated rings. The fourth-order valence-corrected chi connectivity index (χ4v) is 5.64. The van der Waals surface area contributed by atoms with Crippen molar-refractivity contribution in [3.05, 3.63) is 106 Å². The van der Waals surface area contributed by atoms with Crippen LogP contribution in [0.25, 0.3) is 0 Å². The van der Waals surface area contributed by atoms with Gasteiger partial charge in [-0.2, -0.15) is 0 Å². The van der Waals surface area contributed by atoms with Gasteiger partial charge in [-0.1, -0.05) is 30.3 Å². The highest BCUT2D eigenvalue weighted by Gasteiger charge is 2.35. The first-order valence-corrected chi connectivity index (χ1v) is 12.5. The Kier molecular flexibility index (Phi) is 7.60. The van der Waals surface area contributed by atoms with Crippen molar-refractivity contribution >= 4 is 17.7 Å². The quantitative estimate of drug-likeness (QED) is 0.437. The zero-order chi connectivity index (χ0) is 24.9. The molecule has 2 aromatic carbocycles. The second-order valence-corrected chi connectivity index (χ2v) is 9.35. The van der Waals surface area contributed by atoms with Crippen LogP contribution in [-0.4, -0.2) is 33.3 Å². The van der Waals surface area contributed by atoms with Crippen LogP contribution >= 0.6 is 11.8 Å². The molecule has 182 valence electrons. The van der Waals surface area contributed by atoms with Crippen molar-refractivity contribution in [2.45, 2.75) is 42.5 Å². The SMILES string of the molecule is C=C.Fc1cccc2c1CSc1ccccc1C2.O=C1c2c(O)c(=O)ccn2N[C@@H]2CCCCN12. The molecule has 0 bridgehead atoms. The Morgan fingerprint density at radius 1 is 1.03 bits per heavy atom. The highest BCUT2D eigenvalue weighted by Crippen LogP contribution is 2.34. The molecule has 0 unspecified atom stereocenters. The lowest BCUT2D eigenvalue weighted by molar-refractivity contribution is 0.0569. The maximum absolute atomic E-state index is 13.7. The minimum absolute atomic E-state index is 0.0364. The van der Waals surface area contributed by atoms with Gasteiger partial charge in [-0.25, -0.2) is 4.39 Å². The Morgan fingerprint density at radius 3 is 2.63 bits per heavy atom. The number of nitrogens with zero attached hydrogens (tertiary/aromatic N) is 2. The molecule has 0 radical (unpaired) electrons. The third-order valence-electron chi connectivity index (χ3n) is 6.27. The van der Waals surface area contributed by atoms with Crippen LogP contribution in [0.3, 0.4) is 0 Å². The molecule has 1 saturated heterocycles. The topological polar surface area (TPSA) is 74.6 Å². The molecule has 0 saturated carbocycles. The van der Waals surface area contributed by atoms with E-state index in [0.717, 1.165) is 42.6 Å². The predicted octanol–water partition coefficient (Wildman–Crippen LogP) is 4.89. The Balaban J connectivity index is 0.000000155. The summed E-state index contributed by atoms with van der Waals surface area (Å²) in [6, 6.07) is 15.0. The van der Waals surface area contributed by atoms with E-state index in [2.05, 4.69) is 30.7 Å². The molecule has 1 amide bonds. The van der Waals surface area contributed by atoms with Crippen molar-refractivity contribution in [1.29, 1.82) is 0 Å². The number of rotatable bonds is 0. The highest BCUT2D eigenvalue weighted by molar-refractivity contribution is 7.98. The predicted molar refractivity (Wildman–Crippen MR) is 137 cm³/mol. The van der Waals surface area contributed by atoms with Crippen LogP contribution in [0.5, 0.6) is 5.75 Å². The second-order valence-electron chi connectivity index (χ2n) is 8.34. The van der Waals surface area contributed by atoms with E-state index in [0.29, 0.717) is 6.54 Å². The van der Waals surface area contributed by atoms with Gasteiger partial charge in [-0.05, 0) is 48.9 Å². The highest BCUT2D eigenvalue weighted by atomic mass is 32.2. The summed E-state index contributed by atoms with van der Waals surface area (Å²) in [4.78, 5) is 26.5. The Bertz CT molecular complexity index is 1290. The van der Waals surface area contributed by atoms with E-state index < -0.39 is 11.2 Å². The molecular weight excluding hydrogens is 465 g/mol. The molecule has 35 heavy (non-hydrogen) atoms. The number of carbonyl (C=O) groups is 1. The minimum atomic E-state index is -0.526. The van der Waals surface area contributed by atoms with E-state index in [1.165, 1.54) is 27.4 Å². The molecule has 1 atom stereocenters. The fourth-order valence-electron chi connectivity index (χ4n) is 4.52. The van der Waals surface area contributed by atoms with E-state index >= 15 is 0 Å². The lowest BCUT2D eigenvalue weighted by Gasteiger charge is -2.41. The molecule has 3 aliphatic rings. The number of amides is 1. The molecule has 4 heterocycles. The van der Waals surface area contributed by atoms with Crippen molar-refractivity contribution in [2.75, 3.05) is 12.0 Å². The Hall–Kier alpha value is -3.52. The number of nitrogens with one attached hydrogen (secondary N) is 1. The van der Waals surface area contributed by atoms with Gasteiger partial charge in [0.2, 0.25) is 5.43 Å². The van der Waals surface area contributed by atoms with Crippen molar-refractivity contribution in [3.63, 3.8) is 0 Å². The number of hydrogen-bond acceptors (Lipinski definition) is 5. The van der Waals surface area contributed by atoms with Gasteiger partial charge in [0.25, 0.3) is 5.91 Å². The van der Waals surface area contributed by atoms with Gasteiger partial charge in [0.05, 0.1) is 0 Å². The summed E-state index contributed by atoms with van der Waals surface area (Å²) < 4.78 is 15.1. The summed E-state index contributed by atoms with van der Waals surface area (Å²) in [7, 11) is 0. The van der Waals surface area contributed by atoms with Crippen molar-refractivity contribution in [1.82, 2.24) is 9.58 Å². The standard InChI is InChI=1S/C14H11FS.C11H13N3O3.C2H4/c15-13-6-3-5-10-8-11-4-1-2-7-14(11)16-9-12(10)13;15-7-4-6-14-9(10(7)16)11(17)13-5-2-1-3-8(13)12-14;1-2/h1-7H,8-9H2;4,6,8,12,16H,1-3,5H2;1-2H2/t;8-;/m.0./s1. The van der Waals surface area contributed by atoms with Crippen LogP contribution in [-0.2, 0) is 12.2 Å². The summed E-state index contributed by atoms with van der Waals surface area (Å²) >= 11 is 1.73. The van der Waals surface area contributed by atoms with Crippen molar-refractivity contribution in [2.24, 2.45) is 0 Å². The zero-order valence-corrected chi connectivity index (χ0v) is 20.2. The first-order valence-electron chi connectivity index (χ1n) is 11.5. The van der Waals surface area contributed by atoms with Gasteiger partial charge < -0.3 is 15.4 Å². The number of fused-ring (bicyclic) bond motifs is 4. The third-order valence-corrected chi connectivity index (χ3v) is 7.41. The van der Waals surface area contributed by atoms with Crippen LogP contribution in [0.4, 0.5) is 4.39 Å². The summed E-state index contributed by atoms with van der Waals surface area (Å²) in [5.74, 6) is -0.0885. The molecule has 3 aliphatic heterocycles. The summed E-state index contributed by atoms with van der Waals surface area (Å²) in [5.41, 5.74) is 5.92. The average Bonchev–Trinajstić information content (AvgIpc) is 3.08. The maximum Gasteiger partial charge on any atom is 0.278 e.